The maximum atomic E-state index is 12.8. The molecule has 11 heteroatoms. The van der Waals surface area contributed by atoms with Gasteiger partial charge in [-0.2, -0.15) is 0 Å². The highest BCUT2D eigenvalue weighted by molar-refractivity contribution is 6.04. The van der Waals surface area contributed by atoms with Crippen LogP contribution in [0.3, 0.4) is 0 Å². The zero-order valence-electron chi connectivity index (χ0n) is 22.1. The standard InChI is InChI=1S/C27H32N2O9/c1-6-38-25(30)18-8-9-20(28-12-11-17-7-10-22(33-2)23(13-17)34-3)21(14-18)29-16-37-15-19(26(31)35-4)24(29)27(32)36-5/h7-10,13-14,28H,6,11-12,15-16H2,1-5H3. The van der Waals surface area contributed by atoms with Crippen LogP contribution in [0, 0.1) is 0 Å². The summed E-state index contributed by atoms with van der Waals surface area (Å²) in [5, 5.41) is 3.35. The zero-order chi connectivity index (χ0) is 27.7. The van der Waals surface area contributed by atoms with Crippen LogP contribution < -0.4 is 19.7 Å². The number of benzene rings is 2. The number of hydrogen-bond donors (Lipinski definition) is 1. The minimum absolute atomic E-state index is 0.00316. The lowest BCUT2D eigenvalue weighted by atomic mass is 10.1. The van der Waals surface area contributed by atoms with E-state index < -0.39 is 17.9 Å². The van der Waals surface area contributed by atoms with E-state index in [1.165, 1.54) is 19.1 Å². The van der Waals surface area contributed by atoms with Crippen LogP contribution in [0.4, 0.5) is 11.4 Å². The number of methoxy groups -OCH3 is 4. The van der Waals surface area contributed by atoms with Gasteiger partial charge in [0, 0.05) is 6.54 Å². The maximum Gasteiger partial charge on any atom is 0.355 e. The summed E-state index contributed by atoms with van der Waals surface area (Å²) in [6.45, 7) is 2.21. The van der Waals surface area contributed by atoms with Crippen LogP contribution in [0.25, 0.3) is 0 Å². The second-order valence-corrected chi connectivity index (χ2v) is 8.03. The highest BCUT2D eigenvalue weighted by Gasteiger charge is 2.33. The molecule has 1 aliphatic rings. The van der Waals surface area contributed by atoms with E-state index in [-0.39, 0.29) is 36.8 Å². The highest BCUT2D eigenvalue weighted by Crippen LogP contribution is 2.34. The Balaban J connectivity index is 1.98. The van der Waals surface area contributed by atoms with Crippen molar-refractivity contribution >= 4 is 29.3 Å². The van der Waals surface area contributed by atoms with Gasteiger partial charge in [0.2, 0.25) is 0 Å². The normalized spacial score (nSPS) is 13.0. The SMILES string of the molecule is CCOC(=O)c1ccc(NCCc2ccc(OC)c(OC)c2)c(N2COCC(C(=O)OC)=C2C(=O)OC)c1. The van der Waals surface area contributed by atoms with Gasteiger partial charge in [-0.3, -0.25) is 0 Å². The zero-order valence-corrected chi connectivity index (χ0v) is 22.1. The monoisotopic (exact) mass is 528 g/mol. The van der Waals surface area contributed by atoms with Gasteiger partial charge in [-0.05, 0) is 49.2 Å². The molecular formula is C27H32N2O9. The maximum absolute atomic E-state index is 12.8. The van der Waals surface area contributed by atoms with Crippen LogP contribution >= 0.6 is 0 Å². The lowest BCUT2D eigenvalue weighted by Crippen LogP contribution is -2.39. The quantitative estimate of drug-likeness (QED) is 0.342. The first kappa shape index (κ1) is 28.3. The third-order valence-electron chi connectivity index (χ3n) is 5.81. The molecule has 0 aromatic heterocycles. The molecular weight excluding hydrogens is 496 g/mol. The van der Waals surface area contributed by atoms with Crippen molar-refractivity contribution in [1.29, 1.82) is 0 Å². The molecule has 0 saturated heterocycles. The van der Waals surface area contributed by atoms with Crippen LogP contribution in [0.5, 0.6) is 11.5 Å². The molecule has 0 radical (unpaired) electrons. The summed E-state index contributed by atoms with van der Waals surface area (Å²) >= 11 is 0. The third kappa shape index (κ3) is 6.35. The van der Waals surface area contributed by atoms with Gasteiger partial charge >= 0.3 is 17.9 Å². The minimum atomic E-state index is -0.744. The van der Waals surface area contributed by atoms with E-state index in [4.69, 9.17) is 28.4 Å². The first-order chi connectivity index (χ1) is 18.4. The van der Waals surface area contributed by atoms with Gasteiger partial charge in [-0.15, -0.1) is 0 Å². The van der Waals surface area contributed by atoms with E-state index in [0.717, 1.165) is 5.56 Å². The summed E-state index contributed by atoms with van der Waals surface area (Å²) in [5.41, 5.74) is 2.25. The lowest BCUT2D eigenvalue weighted by Gasteiger charge is -2.33. The second-order valence-electron chi connectivity index (χ2n) is 8.03. The molecule has 0 atom stereocenters. The summed E-state index contributed by atoms with van der Waals surface area (Å²) in [6, 6.07) is 10.6. The van der Waals surface area contributed by atoms with Crippen molar-refractivity contribution in [2.75, 3.05) is 65.1 Å². The van der Waals surface area contributed by atoms with Crippen molar-refractivity contribution in [3.05, 3.63) is 58.8 Å². The Labute approximate surface area is 221 Å². The topological polar surface area (TPSA) is 122 Å². The van der Waals surface area contributed by atoms with E-state index >= 15 is 0 Å². The number of nitrogens with one attached hydrogen (secondary N) is 1. The third-order valence-corrected chi connectivity index (χ3v) is 5.81. The number of esters is 3. The predicted molar refractivity (Wildman–Crippen MR) is 138 cm³/mol. The van der Waals surface area contributed by atoms with E-state index in [2.05, 4.69) is 5.32 Å². The fourth-order valence-electron chi connectivity index (χ4n) is 3.96. The molecule has 204 valence electrons. The molecule has 1 N–H and O–H groups in total. The number of hydrogen-bond acceptors (Lipinski definition) is 11. The first-order valence-corrected chi connectivity index (χ1v) is 11.9. The van der Waals surface area contributed by atoms with E-state index in [1.807, 2.05) is 18.2 Å². The summed E-state index contributed by atoms with van der Waals surface area (Å²) < 4.78 is 31.3. The van der Waals surface area contributed by atoms with Crippen LogP contribution in [-0.4, -0.2) is 72.8 Å². The molecule has 2 aromatic carbocycles. The number of nitrogens with zero attached hydrogens (tertiary/aromatic N) is 1. The molecule has 2 aromatic rings. The van der Waals surface area contributed by atoms with Gasteiger partial charge in [-0.1, -0.05) is 6.07 Å². The molecule has 38 heavy (non-hydrogen) atoms. The second kappa shape index (κ2) is 13.3. The van der Waals surface area contributed by atoms with Crippen molar-refractivity contribution in [1.82, 2.24) is 0 Å². The molecule has 3 rings (SSSR count). The van der Waals surface area contributed by atoms with Crippen LogP contribution in [0.2, 0.25) is 0 Å². The van der Waals surface area contributed by atoms with Gasteiger partial charge in [0.05, 0.1) is 64.2 Å². The Morgan fingerprint density at radius 3 is 2.32 bits per heavy atom. The van der Waals surface area contributed by atoms with Gasteiger partial charge in [0.15, 0.2) is 11.5 Å². The molecule has 0 aliphatic carbocycles. The van der Waals surface area contributed by atoms with Gasteiger partial charge < -0.3 is 38.6 Å². The van der Waals surface area contributed by atoms with Crippen LogP contribution in [0.15, 0.2) is 47.7 Å². The molecule has 0 unspecified atom stereocenters. The Hall–Kier alpha value is -4.25. The smallest absolute Gasteiger partial charge is 0.355 e. The van der Waals surface area contributed by atoms with Crippen molar-refractivity contribution in [3.63, 3.8) is 0 Å². The van der Waals surface area contributed by atoms with E-state index in [9.17, 15) is 14.4 Å². The van der Waals surface area contributed by atoms with Crippen molar-refractivity contribution in [2.45, 2.75) is 13.3 Å². The van der Waals surface area contributed by atoms with Gasteiger partial charge in [-0.25, -0.2) is 14.4 Å². The van der Waals surface area contributed by atoms with Gasteiger partial charge in [0.25, 0.3) is 0 Å². The average molecular weight is 529 g/mol. The van der Waals surface area contributed by atoms with Gasteiger partial charge in [0.1, 0.15) is 12.4 Å². The van der Waals surface area contributed by atoms with Crippen molar-refractivity contribution < 1.29 is 42.8 Å². The minimum Gasteiger partial charge on any atom is -0.493 e. The van der Waals surface area contributed by atoms with Crippen LogP contribution in [-0.2, 0) is 35.0 Å². The molecule has 1 aliphatic heterocycles. The Kier molecular flexibility index (Phi) is 9.94. The number of ether oxygens (including phenoxy) is 6. The van der Waals surface area contributed by atoms with E-state index in [0.29, 0.717) is 35.8 Å². The summed E-state index contributed by atoms with van der Waals surface area (Å²) in [5.74, 6) is -0.737. The molecule has 0 saturated carbocycles. The number of carbonyl (C=O) groups excluding carboxylic acids is 3. The number of rotatable bonds is 11. The number of anilines is 2. The van der Waals surface area contributed by atoms with E-state index in [1.54, 1.807) is 39.3 Å². The lowest BCUT2D eigenvalue weighted by molar-refractivity contribution is -0.140. The summed E-state index contributed by atoms with van der Waals surface area (Å²) in [7, 11) is 5.58. The van der Waals surface area contributed by atoms with Crippen LogP contribution in [0.1, 0.15) is 22.8 Å². The fourth-order valence-corrected chi connectivity index (χ4v) is 3.96. The molecule has 11 nitrogen and oxygen atoms in total. The Morgan fingerprint density at radius 2 is 1.66 bits per heavy atom. The molecule has 1 heterocycles. The Bertz CT molecular complexity index is 1210. The number of carbonyl (C=O) groups is 3. The largest absolute Gasteiger partial charge is 0.493 e. The fraction of sp³-hybridized carbons (Fsp3) is 0.370. The van der Waals surface area contributed by atoms with Crippen molar-refractivity contribution in [2.24, 2.45) is 0 Å². The highest BCUT2D eigenvalue weighted by atomic mass is 16.5. The predicted octanol–water partition coefficient (Wildman–Crippen LogP) is 2.93. The summed E-state index contributed by atoms with van der Waals surface area (Å²) in [6.07, 6.45) is 0.628. The Morgan fingerprint density at radius 1 is 0.921 bits per heavy atom. The molecule has 0 spiro atoms. The van der Waals surface area contributed by atoms with Crippen molar-refractivity contribution in [3.8, 4) is 11.5 Å². The average Bonchev–Trinajstić information content (AvgIpc) is 2.95. The molecule has 0 amide bonds. The summed E-state index contributed by atoms with van der Waals surface area (Å²) in [4.78, 5) is 39.2. The molecule has 0 fully saturated rings. The molecule has 0 bridgehead atoms. The first-order valence-electron chi connectivity index (χ1n) is 11.9.